The van der Waals surface area contributed by atoms with Crippen molar-refractivity contribution in [1.82, 2.24) is 5.32 Å². The Morgan fingerprint density at radius 1 is 1.48 bits per heavy atom. The van der Waals surface area contributed by atoms with E-state index in [9.17, 15) is 14.3 Å². The SMILES string of the molecule is COc1ccc(C=CC(=O)NCC(C)(O)c2ccsc2)cc1F. The van der Waals surface area contributed by atoms with E-state index < -0.39 is 11.4 Å². The second-order valence-corrected chi connectivity index (χ2v) is 6.01. The number of rotatable bonds is 6. The number of halogens is 1. The minimum absolute atomic E-state index is 0.0872. The lowest BCUT2D eigenvalue weighted by molar-refractivity contribution is -0.117. The Morgan fingerprint density at radius 2 is 2.26 bits per heavy atom. The lowest BCUT2D eigenvalue weighted by Crippen LogP contribution is -2.37. The van der Waals surface area contributed by atoms with Gasteiger partial charge in [0.15, 0.2) is 11.6 Å². The molecule has 2 rings (SSSR count). The monoisotopic (exact) mass is 335 g/mol. The van der Waals surface area contributed by atoms with E-state index in [2.05, 4.69) is 5.32 Å². The van der Waals surface area contributed by atoms with Crippen LogP contribution >= 0.6 is 11.3 Å². The summed E-state index contributed by atoms with van der Waals surface area (Å²) in [7, 11) is 1.39. The van der Waals surface area contributed by atoms with Crippen molar-refractivity contribution < 1.29 is 19.0 Å². The first-order chi connectivity index (χ1) is 10.9. The van der Waals surface area contributed by atoms with Gasteiger partial charge in [-0.05, 0) is 53.1 Å². The quantitative estimate of drug-likeness (QED) is 0.798. The molecule has 1 aromatic heterocycles. The van der Waals surface area contributed by atoms with E-state index in [1.165, 1.54) is 42.7 Å². The van der Waals surface area contributed by atoms with Crippen molar-refractivity contribution in [2.24, 2.45) is 0 Å². The molecule has 1 heterocycles. The average Bonchev–Trinajstić information content (AvgIpc) is 3.06. The molecule has 4 nitrogen and oxygen atoms in total. The highest BCUT2D eigenvalue weighted by Gasteiger charge is 2.23. The number of amides is 1. The highest BCUT2D eigenvalue weighted by molar-refractivity contribution is 7.08. The molecule has 122 valence electrons. The minimum atomic E-state index is -1.13. The summed E-state index contributed by atoms with van der Waals surface area (Å²) in [5.41, 5.74) is 0.169. The Hall–Kier alpha value is -2.18. The molecule has 0 aliphatic rings. The smallest absolute Gasteiger partial charge is 0.244 e. The molecule has 23 heavy (non-hydrogen) atoms. The zero-order valence-electron chi connectivity index (χ0n) is 12.9. The van der Waals surface area contributed by atoms with Crippen LogP contribution in [0.4, 0.5) is 4.39 Å². The van der Waals surface area contributed by atoms with Gasteiger partial charge in [0.25, 0.3) is 0 Å². The number of hydrogen-bond donors (Lipinski definition) is 2. The number of benzene rings is 1. The molecule has 0 aliphatic heterocycles. The van der Waals surface area contributed by atoms with Crippen LogP contribution in [0.15, 0.2) is 41.1 Å². The summed E-state index contributed by atoms with van der Waals surface area (Å²) in [6.07, 6.45) is 2.79. The number of nitrogens with one attached hydrogen (secondary N) is 1. The molecule has 0 saturated heterocycles. The van der Waals surface area contributed by atoms with E-state index in [0.29, 0.717) is 5.56 Å². The molecule has 2 aromatic rings. The van der Waals surface area contributed by atoms with Gasteiger partial charge in [-0.25, -0.2) is 4.39 Å². The number of thiophene rings is 1. The normalized spacial score (nSPS) is 13.7. The molecule has 2 N–H and O–H groups in total. The molecule has 0 spiro atoms. The summed E-state index contributed by atoms with van der Waals surface area (Å²) in [6.45, 7) is 1.72. The fraction of sp³-hybridized carbons (Fsp3) is 0.235. The van der Waals surface area contributed by atoms with Crippen LogP contribution in [0.5, 0.6) is 5.75 Å². The highest BCUT2D eigenvalue weighted by atomic mass is 32.1. The van der Waals surface area contributed by atoms with Crippen LogP contribution in [0.25, 0.3) is 6.08 Å². The van der Waals surface area contributed by atoms with Crippen molar-refractivity contribution in [2.45, 2.75) is 12.5 Å². The fourth-order valence-corrected chi connectivity index (χ4v) is 2.73. The third-order valence-electron chi connectivity index (χ3n) is 3.35. The zero-order chi connectivity index (χ0) is 16.9. The van der Waals surface area contributed by atoms with Gasteiger partial charge in [0, 0.05) is 6.08 Å². The van der Waals surface area contributed by atoms with Crippen LogP contribution in [0, 0.1) is 5.82 Å². The first-order valence-electron chi connectivity index (χ1n) is 6.97. The molecular weight excluding hydrogens is 317 g/mol. The number of ether oxygens (including phenoxy) is 1. The third kappa shape index (κ3) is 4.64. The Morgan fingerprint density at radius 3 is 2.87 bits per heavy atom. The topological polar surface area (TPSA) is 58.6 Å². The summed E-state index contributed by atoms with van der Waals surface area (Å²) < 4.78 is 18.4. The largest absolute Gasteiger partial charge is 0.494 e. The lowest BCUT2D eigenvalue weighted by atomic mass is 9.99. The van der Waals surface area contributed by atoms with Gasteiger partial charge in [-0.1, -0.05) is 6.07 Å². The molecule has 0 radical (unpaired) electrons. The number of aliphatic hydroxyl groups is 1. The van der Waals surface area contributed by atoms with E-state index in [1.54, 1.807) is 13.0 Å². The van der Waals surface area contributed by atoms with E-state index in [0.717, 1.165) is 5.56 Å². The van der Waals surface area contributed by atoms with Crippen molar-refractivity contribution in [3.63, 3.8) is 0 Å². The number of carbonyl (C=O) groups excluding carboxylic acids is 1. The zero-order valence-corrected chi connectivity index (χ0v) is 13.7. The Labute approximate surface area is 138 Å². The lowest BCUT2D eigenvalue weighted by Gasteiger charge is -2.22. The predicted octanol–water partition coefficient (Wildman–Crippen LogP) is 2.93. The van der Waals surface area contributed by atoms with E-state index in [1.807, 2.05) is 16.8 Å². The molecule has 6 heteroatoms. The first-order valence-corrected chi connectivity index (χ1v) is 7.91. The molecule has 0 bridgehead atoms. The molecule has 0 fully saturated rings. The number of hydrogen-bond acceptors (Lipinski definition) is 4. The first kappa shape index (κ1) is 17.2. The van der Waals surface area contributed by atoms with Crippen LogP contribution in [0.3, 0.4) is 0 Å². The average molecular weight is 335 g/mol. The van der Waals surface area contributed by atoms with Gasteiger partial charge in [0.2, 0.25) is 5.91 Å². The maximum atomic E-state index is 13.5. The fourth-order valence-electron chi connectivity index (χ4n) is 1.95. The van der Waals surface area contributed by atoms with E-state index in [-0.39, 0.29) is 18.2 Å². The van der Waals surface area contributed by atoms with Gasteiger partial charge in [0.1, 0.15) is 5.60 Å². The van der Waals surface area contributed by atoms with Crippen molar-refractivity contribution in [1.29, 1.82) is 0 Å². The molecule has 1 atom stereocenters. The van der Waals surface area contributed by atoms with Crippen molar-refractivity contribution >= 4 is 23.3 Å². The molecular formula is C17H18FNO3S. The summed E-state index contributed by atoms with van der Waals surface area (Å²) in [5.74, 6) is -0.703. The van der Waals surface area contributed by atoms with Crippen LogP contribution in [-0.4, -0.2) is 24.7 Å². The van der Waals surface area contributed by atoms with E-state index in [4.69, 9.17) is 4.74 Å². The van der Waals surface area contributed by atoms with Gasteiger partial charge >= 0.3 is 0 Å². The van der Waals surface area contributed by atoms with Gasteiger partial charge in [-0.2, -0.15) is 11.3 Å². The standard InChI is InChI=1S/C17H18FNO3S/c1-17(21,13-7-8-23-10-13)11-19-16(20)6-4-12-3-5-15(22-2)14(18)9-12/h3-10,21H,11H2,1-2H3,(H,19,20). The second kappa shape index (κ2) is 7.39. The maximum absolute atomic E-state index is 13.5. The molecule has 1 aromatic carbocycles. The molecule has 1 unspecified atom stereocenters. The number of methoxy groups -OCH3 is 1. The maximum Gasteiger partial charge on any atom is 0.244 e. The highest BCUT2D eigenvalue weighted by Crippen LogP contribution is 2.22. The van der Waals surface area contributed by atoms with Gasteiger partial charge in [-0.15, -0.1) is 0 Å². The Bertz CT molecular complexity index is 696. The van der Waals surface area contributed by atoms with Gasteiger partial charge in [0.05, 0.1) is 13.7 Å². The predicted molar refractivity (Wildman–Crippen MR) is 88.9 cm³/mol. The summed E-state index contributed by atoms with van der Waals surface area (Å²) in [4.78, 5) is 11.8. The summed E-state index contributed by atoms with van der Waals surface area (Å²) in [5, 5.41) is 16.6. The van der Waals surface area contributed by atoms with E-state index >= 15 is 0 Å². The summed E-state index contributed by atoms with van der Waals surface area (Å²) >= 11 is 1.48. The molecule has 1 amide bonds. The van der Waals surface area contributed by atoms with Crippen molar-refractivity contribution in [2.75, 3.05) is 13.7 Å². The third-order valence-corrected chi connectivity index (χ3v) is 4.04. The number of carbonyl (C=O) groups is 1. The van der Waals surface area contributed by atoms with Crippen LogP contribution < -0.4 is 10.1 Å². The molecule has 0 saturated carbocycles. The summed E-state index contributed by atoms with van der Waals surface area (Å²) in [6, 6.07) is 6.23. The van der Waals surface area contributed by atoms with Crippen LogP contribution in [0.1, 0.15) is 18.1 Å². The van der Waals surface area contributed by atoms with Gasteiger partial charge in [-0.3, -0.25) is 4.79 Å². The molecule has 0 aliphatic carbocycles. The Kier molecular flexibility index (Phi) is 5.52. The Balaban J connectivity index is 1.93. The van der Waals surface area contributed by atoms with Crippen LogP contribution in [0.2, 0.25) is 0 Å². The second-order valence-electron chi connectivity index (χ2n) is 5.23. The van der Waals surface area contributed by atoms with Gasteiger partial charge < -0.3 is 15.2 Å². The van der Waals surface area contributed by atoms with Crippen molar-refractivity contribution in [3.05, 3.63) is 58.0 Å². The van der Waals surface area contributed by atoms with Crippen LogP contribution in [-0.2, 0) is 10.4 Å². The minimum Gasteiger partial charge on any atom is -0.494 e. The van der Waals surface area contributed by atoms with Crippen molar-refractivity contribution in [3.8, 4) is 5.75 Å².